The van der Waals surface area contributed by atoms with Gasteiger partial charge in [0.25, 0.3) is 0 Å². The van der Waals surface area contributed by atoms with E-state index in [9.17, 15) is 0 Å². The van der Waals surface area contributed by atoms with Gasteiger partial charge in [-0.25, -0.2) is 0 Å². The zero-order valence-electron chi connectivity index (χ0n) is 14.5. The fraction of sp³-hybridized carbons (Fsp3) is 0.217. The molecule has 0 aliphatic carbocycles. The molecule has 0 amide bonds. The summed E-state index contributed by atoms with van der Waals surface area (Å²) in [7, 11) is 0. The van der Waals surface area contributed by atoms with E-state index in [4.69, 9.17) is 0 Å². The molecule has 1 nitrogen and oxygen atoms in total. The monoisotopic (exact) mass is 391 g/mol. The maximum atomic E-state index is 3.61. The smallest absolute Gasteiger partial charge is 0.0541 e. The summed E-state index contributed by atoms with van der Waals surface area (Å²) in [6.45, 7) is 2.25. The molecule has 0 fully saturated rings. The molecule has 1 aromatic heterocycles. The van der Waals surface area contributed by atoms with Crippen LogP contribution in [0.3, 0.4) is 0 Å². The molecule has 0 saturated heterocycles. The molecule has 0 N–H and O–H groups in total. The van der Waals surface area contributed by atoms with E-state index < -0.39 is 0 Å². The number of nitrogens with zero attached hydrogens (tertiary/aromatic N) is 1. The lowest BCUT2D eigenvalue weighted by atomic mass is 10.1. The van der Waals surface area contributed by atoms with E-state index in [0.717, 1.165) is 4.47 Å². The van der Waals surface area contributed by atoms with Gasteiger partial charge in [0, 0.05) is 20.9 Å². The SMILES string of the molecule is CCCCCc1ccc(-n2c3ccccc3c3cc(Br)ccc32)cc1. The van der Waals surface area contributed by atoms with Gasteiger partial charge in [-0.05, 0) is 54.8 Å². The first-order chi connectivity index (χ1) is 12.3. The molecule has 0 bridgehead atoms. The van der Waals surface area contributed by atoms with Gasteiger partial charge in [0.1, 0.15) is 0 Å². The van der Waals surface area contributed by atoms with Crippen LogP contribution in [0.25, 0.3) is 27.5 Å². The molecule has 3 aromatic carbocycles. The first-order valence-corrected chi connectivity index (χ1v) is 9.85. The Morgan fingerprint density at radius 3 is 2.36 bits per heavy atom. The Bertz CT molecular complexity index is 1010. The normalized spacial score (nSPS) is 11.4. The number of hydrogen-bond acceptors (Lipinski definition) is 0. The van der Waals surface area contributed by atoms with Crippen LogP contribution in [-0.4, -0.2) is 4.57 Å². The molecule has 1 heterocycles. The highest BCUT2D eigenvalue weighted by Gasteiger charge is 2.11. The number of aromatic nitrogens is 1. The second kappa shape index (κ2) is 7.05. The van der Waals surface area contributed by atoms with Crippen molar-refractivity contribution in [3.8, 4) is 5.69 Å². The summed E-state index contributed by atoms with van der Waals surface area (Å²) in [6, 6.07) is 24.3. The average molecular weight is 392 g/mol. The van der Waals surface area contributed by atoms with Crippen molar-refractivity contribution in [1.29, 1.82) is 0 Å². The minimum absolute atomic E-state index is 1.12. The Balaban J connectivity index is 1.82. The summed E-state index contributed by atoms with van der Waals surface area (Å²) in [4.78, 5) is 0. The lowest BCUT2D eigenvalue weighted by molar-refractivity contribution is 0.717. The standard InChI is InChI=1S/C23H22BrN/c1-2-3-4-7-17-10-13-19(14-11-17)25-22-9-6-5-8-20(22)21-16-18(24)12-15-23(21)25/h5-6,8-16H,2-4,7H2,1H3. The summed E-state index contributed by atoms with van der Waals surface area (Å²) in [5.41, 5.74) is 5.17. The molecule has 0 saturated carbocycles. The lowest BCUT2D eigenvalue weighted by Gasteiger charge is -2.09. The molecule has 4 rings (SSSR count). The Morgan fingerprint density at radius 1 is 0.800 bits per heavy atom. The van der Waals surface area contributed by atoms with Crippen molar-refractivity contribution in [2.75, 3.05) is 0 Å². The van der Waals surface area contributed by atoms with Crippen LogP contribution in [0, 0.1) is 0 Å². The first kappa shape index (κ1) is 16.4. The van der Waals surface area contributed by atoms with Crippen molar-refractivity contribution in [3.05, 3.63) is 76.8 Å². The number of unbranched alkanes of at least 4 members (excludes halogenated alkanes) is 2. The number of rotatable bonds is 5. The van der Waals surface area contributed by atoms with Crippen molar-refractivity contribution in [2.45, 2.75) is 32.6 Å². The topological polar surface area (TPSA) is 4.93 Å². The molecular formula is C23H22BrN. The fourth-order valence-corrected chi connectivity index (χ4v) is 3.98. The van der Waals surface area contributed by atoms with Crippen LogP contribution in [0.15, 0.2) is 71.2 Å². The predicted molar refractivity (Wildman–Crippen MR) is 112 cm³/mol. The van der Waals surface area contributed by atoms with Gasteiger partial charge in [-0.15, -0.1) is 0 Å². The highest BCUT2D eigenvalue weighted by atomic mass is 79.9. The zero-order chi connectivity index (χ0) is 17.2. The van der Waals surface area contributed by atoms with E-state index in [1.54, 1.807) is 0 Å². The third-order valence-corrected chi connectivity index (χ3v) is 5.39. The Hall–Kier alpha value is -2.06. The molecule has 0 spiro atoms. The van der Waals surface area contributed by atoms with Crippen molar-refractivity contribution < 1.29 is 0 Å². The molecular weight excluding hydrogens is 370 g/mol. The van der Waals surface area contributed by atoms with Gasteiger partial charge in [-0.1, -0.05) is 66.0 Å². The summed E-state index contributed by atoms with van der Waals surface area (Å²) < 4.78 is 3.49. The van der Waals surface area contributed by atoms with Gasteiger partial charge >= 0.3 is 0 Å². The fourth-order valence-electron chi connectivity index (χ4n) is 3.61. The van der Waals surface area contributed by atoms with E-state index in [1.807, 2.05) is 0 Å². The molecule has 0 atom stereocenters. The van der Waals surface area contributed by atoms with Crippen LogP contribution < -0.4 is 0 Å². The molecule has 126 valence electrons. The van der Waals surface area contributed by atoms with Gasteiger partial charge in [-0.2, -0.15) is 0 Å². The van der Waals surface area contributed by atoms with Gasteiger partial charge in [0.15, 0.2) is 0 Å². The van der Waals surface area contributed by atoms with Crippen LogP contribution >= 0.6 is 15.9 Å². The molecule has 2 heteroatoms. The number of aryl methyl sites for hydroxylation is 1. The lowest BCUT2D eigenvalue weighted by Crippen LogP contribution is -1.94. The minimum atomic E-state index is 1.12. The number of fused-ring (bicyclic) bond motifs is 3. The van der Waals surface area contributed by atoms with Gasteiger partial charge in [-0.3, -0.25) is 0 Å². The number of hydrogen-bond donors (Lipinski definition) is 0. The van der Waals surface area contributed by atoms with Crippen molar-refractivity contribution in [1.82, 2.24) is 4.57 Å². The van der Waals surface area contributed by atoms with Crippen molar-refractivity contribution in [3.63, 3.8) is 0 Å². The van der Waals surface area contributed by atoms with E-state index >= 15 is 0 Å². The summed E-state index contributed by atoms with van der Waals surface area (Å²) in [6.07, 6.45) is 5.03. The Morgan fingerprint density at radius 2 is 1.56 bits per heavy atom. The van der Waals surface area contributed by atoms with Crippen LogP contribution in [0.5, 0.6) is 0 Å². The molecule has 25 heavy (non-hydrogen) atoms. The molecule has 0 aliphatic rings. The first-order valence-electron chi connectivity index (χ1n) is 9.06. The molecule has 0 unspecified atom stereocenters. The summed E-state index contributed by atoms with van der Waals surface area (Å²) in [5.74, 6) is 0. The van der Waals surface area contributed by atoms with Crippen molar-refractivity contribution in [2.24, 2.45) is 0 Å². The van der Waals surface area contributed by atoms with Gasteiger partial charge in [0.05, 0.1) is 11.0 Å². The predicted octanol–water partition coefficient (Wildman–Crippen LogP) is 7.28. The zero-order valence-corrected chi connectivity index (χ0v) is 16.1. The molecule has 0 aliphatic heterocycles. The maximum absolute atomic E-state index is 3.61. The second-order valence-corrected chi connectivity index (χ2v) is 7.55. The summed E-state index contributed by atoms with van der Waals surface area (Å²) >= 11 is 3.61. The molecule has 0 radical (unpaired) electrons. The van der Waals surface area contributed by atoms with E-state index in [0.29, 0.717) is 0 Å². The van der Waals surface area contributed by atoms with Crippen LogP contribution in [0.4, 0.5) is 0 Å². The third-order valence-electron chi connectivity index (χ3n) is 4.90. The number of halogens is 1. The third kappa shape index (κ3) is 3.11. The highest BCUT2D eigenvalue weighted by molar-refractivity contribution is 9.10. The van der Waals surface area contributed by atoms with Crippen molar-refractivity contribution >= 4 is 37.7 Å². The van der Waals surface area contributed by atoms with E-state index in [2.05, 4.69) is 94.2 Å². The van der Waals surface area contributed by atoms with E-state index in [-0.39, 0.29) is 0 Å². The molecule has 4 aromatic rings. The summed E-state index contributed by atoms with van der Waals surface area (Å²) in [5, 5.41) is 2.59. The van der Waals surface area contributed by atoms with Crippen LogP contribution in [0.1, 0.15) is 31.7 Å². The van der Waals surface area contributed by atoms with Crippen LogP contribution in [0.2, 0.25) is 0 Å². The maximum Gasteiger partial charge on any atom is 0.0541 e. The van der Waals surface area contributed by atoms with Gasteiger partial charge < -0.3 is 4.57 Å². The van der Waals surface area contributed by atoms with E-state index in [1.165, 1.54) is 58.7 Å². The number of para-hydroxylation sites is 1. The van der Waals surface area contributed by atoms with Crippen LogP contribution in [-0.2, 0) is 6.42 Å². The van der Waals surface area contributed by atoms with Gasteiger partial charge in [0.2, 0.25) is 0 Å². The number of benzene rings is 3. The average Bonchev–Trinajstić information content (AvgIpc) is 2.96. The second-order valence-electron chi connectivity index (χ2n) is 6.64. The minimum Gasteiger partial charge on any atom is -0.309 e. The quantitative estimate of drug-likeness (QED) is 0.315. The Labute approximate surface area is 157 Å². The Kier molecular flexibility index (Phi) is 4.63. The largest absolute Gasteiger partial charge is 0.309 e. The highest BCUT2D eigenvalue weighted by Crippen LogP contribution is 2.33.